The molecule has 4 rings (SSSR count). The van der Waals surface area contributed by atoms with Crippen molar-refractivity contribution in [3.63, 3.8) is 0 Å². The topological polar surface area (TPSA) is 63.7 Å². The van der Waals surface area contributed by atoms with Crippen LogP contribution in [0.25, 0.3) is 10.6 Å². The van der Waals surface area contributed by atoms with Gasteiger partial charge in [-0.2, -0.15) is 11.3 Å². The summed E-state index contributed by atoms with van der Waals surface area (Å²) in [6, 6.07) is 2.32. The Morgan fingerprint density at radius 1 is 1.31 bits per heavy atom. The van der Waals surface area contributed by atoms with Crippen molar-refractivity contribution < 1.29 is 14.3 Å². The monoisotopic (exact) mass is 393 g/mol. The third-order valence-electron chi connectivity index (χ3n) is 5.00. The van der Waals surface area contributed by atoms with Crippen LogP contribution < -0.4 is 5.32 Å². The van der Waals surface area contributed by atoms with E-state index in [1.165, 1.54) is 11.3 Å². The number of nitrogens with one attached hydrogen (secondary N) is 1. The first-order valence-electron chi connectivity index (χ1n) is 8.97. The van der Waals surface area contributed by atoms with Gasteiger partial charge in [0.1, 0.15) is 10.7 Å². The Balaban J connectivity index is 1.39. The van der Waals surface area contributed by atoms with E-state index in [9.17, 15) is 4.79 Å². The number of hydrogen-bond acceptors (Lipinski definition) is 7. The summed E-state index contributed by atoms with van der Waals surface area (Å²) >= 11 is 3.15. The van der Waals surface area contributed by atoms with Gasteiger partial charge in [0, 0.05) is 54.5 Å². The minimum Gasteiger partial charge on any atom is -0.381 e. The Morgan fingerprint density at radius 2 is 2.19 bits per heavy atom. The van der Waals surface area contributed by atoms with Crippen LogP contribution in [0.3, 0.4) is 0 Å². The molecule has 0 saturated carbocycles. The number of hydrogen-bond donors (Lipinski definition) is 1. The van der Waals surface area contributed by atoms with Gasteiger partial charge in [0.05, 0.1) is 19.8 Å². The molecule has 8 heteroatoms. The van der Waals surface area contributed by atoms with Crippen LogP contribution in [0.4, 0.5) is 0 Å². The molecule has 0 bridgehead atoms. The quantitative estimate of drug-likeness (QED) is 0.816. The summed E-state index contributed by atoms with van der Waals surface area (Å²) in [5.74, 6) is 0.366. The van der Waals surface area contributed by atoms with Gasteiger partial charge in [0.25, 0.3) is 5.91 Å². The van der Waals surface area contributed by atoms with E-state index in [0.717, 1.165) is 56.5 Å². The van der Waals surface area contributed by atoms with Gasteiger partial charge in [0.15, 0.2) is 0 Å². The fourth-order valence-corrected chi connectivity index (χ4v) is 5.06. The van der Waals surface area contributed by atoms with Crippen molar-refractivity contribution in [2.24, 2.45) is 5.92 Å². The highest BCUT2D eigenvalue weighted by Gasteiger charge is 2.32. The summed E-state index contributed by atoms with van der Waals surface area (Å²) in [5.41, 5.74) is 1.58. The van der Waals surface area contributed by atoms with E-state index >= 15 is 0 Å². The first kappa shape index (κ1) is 18.1. The second-order valence-electron chi connectivity index (χ2n) is 6.60. The van der Waals surface area contributed by atoms with Crippen molar-refractivity contribution in [2.75, 3.05) is 46.1 Å². The van der Waals surface area contributed by atoms with Gasteiger partial charge < -0.3 is 14.8 Å². The van der Waals surface area contributed by atoms with Gasteiger partial charge in [-0.25, -0.2) is 4.98 Å². The number of carbonyl (C=O) groups excluding carboxylic acids is 1. The van der Waals surface area contributed by atoms with Gasteiger partial charge in [-0.3, -0.25) is 9.69 Å². The average Bonchev–Trinajstić information content (AvgIpc) is 3.43. The van der Waals surface area contributed by atoms with Gasteiger partial charge in [-0.1, -0.05) is 0 Å². The van der Waals surface area contributed by atoms with E-state index < -0.39 is 0 Å². The number of rotatable bonds is 6. The number of amides is 1. The molecule has 0 spiro atoms. The Kier molecular flexibility index (Phi) is 5.96. The minimum absolute atomic E-state index is 0.0973. The molecule has 2 fully saturated rings. The summed E-state index contributed by atoms with van der Waals surface area (Å²) < 4.78 is 11.1. The summed E-state index contributed by atoms with van der Waals surface area (Å²) in [7, 11) is 0. The molecule has 2 aromatic heterocycles. The molecule has 4 heterocycles. The van der Waals surface area contributed by atoms with E-state index in [1.54, 1.807) is 11.3 Å². The van der Waals surface area contributed by atoms with E-state index in [1.807, 2.05) is 16.8 Å². The Morgan fingerprint density at radius 3 is 2.92 bits per heavy atom. The van der Waals surface area contributed by atoms with E-state index in [2.05, 4.69) is 20.6 Å². The molecule has 6 nitrogen and oxygen atoms in total. The third kappa shape index (κ3) is 4.15. The third-order valence-corrected chi connectivity index (χ3v) is 6.58. The van der Waals surface area contributed by atoms with Crippen molar-refractivity contribution in [3.8, 4) is 10.6 Å². The minimum atomic E-state index is -0.0973. The lowest BCUT2D eigenvalue weighted by molar-refractivity contribution is 0.00165. The summed E-state index contributed by atoms with van der Waals surface area (Å²) in [5, 5.41) is 9.91. The maximum Gasteiger partial charge on any atom is 0.270 e. The molecule has 2 atom stereocenters. The second-order valence-corrected chi connectivity index (χ2v) is 8.24. The average molecular weight is 394 g/mol. The number of ether oxygens (including phenoxy) is 2. The zero-order chi connectivity index (χ0) is 17.8. The van der Waals surface area contributed by atoms with Gasteiger partial charge in [-0.15, -0.1) is 11.3 Å². The summed E-state index contributed by atoms with van der Waals surface area (Å²) in [4.78, 5) is 19.5. The summed E-state index contributed by atoms with van der Waals surface area (Å²) in [6.45, 7) is 5.55. The van der Waals surface area contributed by atoms with Crippen LogP contribution in [-0.2, 0) is 9.47 Å². The van der Waals surface area contributed by atoms with Crippen LogP contribution in [0, 0.1) is 5.92 Å². The predicted octanol–water partition coefficient (Wildman–Crippen LogP) is 2.34. The standard InChI is InChI=1S/C18H23N3O3S2/c22-17(15-12-26-18(20-15)14-2-8-25-11-14)19-9-16(13-1-5-24-10-13)21-3-6-23-7-4-21/h2,8,11-13,16H,1,3-7,9-10H2,(H,19,22)/t13-,16-/m0/s1. The first-order valence-corrected chi connectivity index (χ1v) is 10.8. The number of nitrogens with zero attached hydrogens (tertiary/aromatic N) is 2. The molecule has 2 aromatic rings. The molecule has 2 saturated heterocycles. The van der Waals surface area contributed by atoms with Crippen molar-refractivity contribution in [1.29, 1.82) is 0 Å². The van der Waals surface area contributed by atoms with Gasteiger partial charge in [0.2, 0.25) is 0 Å². The molecule has 0 aliphatic carbocycles. The van der Waals surface area contributed by atoms with Crippen LogP contribution in [-0.4, -0.2) is 67.9 Å². The van der Waals surface area contributed by atoms with Crippen molar-refractivity contribution in [1.82, 2.24) is 15.2 Å². The molecule has 1 N–H and O–H groups in total. The van der Waals surface area contributed by atoms with Crippen LogP contribution >= 0.6 is 22.7 Å². The molecule has 0 unspecified atom stereocenters. The summed E-state index contributed by atoms with van der Waals surface area (Å²) in [6.07, 6.45) is 1.05. The number of aromatic nitrogens is 1. The van der Waals surface area contributed by atoms with Crippen molar-refractivity contribution in [2.45, 2.75) is 12.5 Å². The highest BCUT2D eigenvalue weighted by atomic mass is 32.1. The van der Waals surface area contributed by atoms with Crippen molar-refractivity contribution in [3.05, 3.63) is 27.9 Å². The lowest BCUT2D eigenvalue weighted by Crippen LogP contribution is -2.52. The zero-order valence-electron chi connectivity index (χ0n) is 14.6. The maximum absolute atomic E-state index is 12.6. The molecule has 140 valence electrons. The second kappa shape index (κ2) is 8.58. The molecule has 1 amide bonds. The molecule has 0 aromatic carbocycles. The molecule has 0 radical (unpaired) electrons. The fourth-order valence-electron chi connectivity index (χ4n) is 3.54. The molecular formula is C18H23N3O3S2. The van der Waals surface area contributed by atoms with Crippen LogP contribution in [0.2, 0.25) is 0 Å². The number of carbonyl (C=O) groups is 1. The molecule has 2 aliphatic rings. The van der Waals surface area contributed by atoms with Crippen molar-refractivity contribution >= 4 is 28.6 Å². The Hall–Kier alpha value is -1.32. The number of morpholine rings is 1. The smallest absolute Gasteiger partial charge is 0.270 e. The maximum atomic E-state index is 12.6. The van der Waals surface area contributed by atoms with Gasteiger partial charge in [-0.05, 0) is 17.9 Å². The van der Waals surface area contributed by atoms with E-state index in [4.69, 9.17) is 9.47 Å². The highest BCUT2D eigenvalue weighted by Crippen LogP contribution is 2.26. The largest absolute Gasteiger partial charge is 0.381 e. The lowest BCUT2D eigenvalue weighted by atomic mass is 9.97. The van der Waals surface area contributed by atoms with E-state index in [0.29, 0.717) is 24.2 Å². The SMILES string of the molecule is O=C(NC[C@@H]([C@H]1CCOC1)N1CCOCC1)c1csc(-c2ccsc2)n1. The first-order chi connectivity index (χ1) is 12.8. The Bertz CT molecular complexity index is 707. The number of thiophene rings is 1. The molecule has 2 aliphatic heterocycles. The van der Waals surface area contributed by atoms with Gasteiger partial charge >= 0.3 is 0 Å². The molecule has 26 heavy (non-hydrogen) atoms. The predicted molar refractivity (Wildman–Crippen MR) is 103 cm³/mol. The van der Waals surface area contributed by atoms with Crippen LogP contribution in [0.1, 0.15) is 16.9 Å². The molecular weight excluding hydrogens is 370 g/mol. The van der Waals surface area contributed by atoms with Crippen LogP contribution in [0.15, 0.2) is 22.2 Å². The highest BCUT2D eigenvalue weighted by molar-refractivity contribution is 7.14. The number of thiazole rings is 1. The van der Waals surface area contributed by atoms with Crippen LogP contribution in [0.5, 0.6) is 0 Å². The zero-order valence-corrected chi connectivity index (χ0v) is 16.2. The Labute approximate surface area is 161 Å². The lowest BCUT2D eigenvalue weighted by Gasteiger charge is -2.37. The fraction of sp³-hybridized carbons (Fsp3) is 0.556. The normalized spacial score (nSPS) is 22.4. The van der Waals surface area contributed by atoms with E-state index in [-0.39, 0.29) is 5.91 Å².